The average Bonchev–Trinajstić information content (AvgIpc) is 2.63. The van der Waals surface area contributed by atoms with Crippen LogP contribution in [0.5, 0.6) is 6.01 Å². The highest BCUT2D eigenvalue weighted by Gasteiger charge is 2.31. The number of aromatic nitrogens is 2. The monoisotopic (exact) mass is 443 g/mol. The summed E-state index contributed by atoms with van der Waals surface area (Å²) in [4.78, 5) is 22.2. The fraction of sp³-hybridized carbons (Fsp3) is 0.389. The lowest BCUT2D eigenvalue weighted by Crippen LogP contribution is -2.45. The van der Waals surface area contributed by atoms with E-state index in [-0.39, 0.29) is 24.4 Å². The van der Waals surface area contributed by atoms with Crippen LogP contribution in [0.2, 0.25) is 0 Å². The fourth-order valence-corrected chi connectivity index (χ4v) is 3.12. The number of likely N-dealkylation sites (tertiary alicyclic amines) is 1. The molecule has 2 aromatic rings. The van der Waals surface area contributed by atoms with Gasteiger partial charge in [0.1, 0.15) is 6.10 Å². The van der Waals surface area contributed by atoms with Gasteiger partial charge in [0.15, 0.2) is 0 Å². The number of carbonyl (C=O) groups excluding carboxylic acids is 1. The Labute approximate surface area is 162 Å². The summed E-state index contributed by atoms with van der Waals surface area (Å²) in [6, 6.07) is 5.09. The minimum absolute atomic E-state index is 0.0780. The van der Waals surface area contributed by atoms with Crippen molar-refractivity contribution < 1.29 is 22.7 Å². The smallest absolute Gasteiger partial charge is 0.416 e. The standard InChI is InChI=1S/C18H17BrF3N3O2/c19-14-9-23-17(24-10-14)27-15-5-2-6-25(11-15)16(26)8-12-3-1-4-13(7-12)18(20,21)22/h1,3-4,7,9-10,15H,2,5-6,8,11H2/t15-/m0/s1. The number of rotatable bonds is 4. The van der Waals surface area contributed by atoms with Crippen LogP contribution in [0.4, 0.5) is 13.2 Å². The van der Waals surface area contributed by atoms with Gasteiger partial charge in [0.05, 0.1) is 23.0 Å². The molecule has 5 nitrogen and oxygen atoms in total. The van der Waals surface area contributed by atoms with E-state index in [4.69, 9.17) is 4.74 Å². The molecule has 3 rings (SSSR count). The van der Waals surface area contributed by atoms with Crippen LogP contribution in [-0.2, 0) is 17.4 Å². The van der Waals surface area contributed by atoms with Gasteiger partial charge >= 0.3 is 12.2 Å². The SMILES string of the molecule is O=C(Cc1cccc(C(F)(F)F)c1)N1CCC[C@H](Oc2ncc(Br)cn2)C1. The minimum atomic E-state index is -4.42. The van der Waals surface area contributed by atoms with Crippen molar-refractivity contribution >= 4 is 21.8 Å². The number of carbonyl (C=O) groups is 1. The molecule has 144 valence electrons. The number of ether oxygens (including phenoxy) is 1. The van der Waals surface area contributed by atoms with E-state index < -0.39 is 11.7 Å². The average molecular weight is 444 g/mol. The Morgan fingerprint density at radius 1 is 1.30 bits per heavy atom. The first-order chi connectivity index (χ1) is 12.8. The first-order valence-corrected chi connectivity index (χ1v) is 9.18. The predicted molar refractivity (Wildman–Crippen MR) is 95.1 cm³/mol. The van der Waals surface area contributed by atoms with Crippen LogP contribution in [0.15, 0.2) is 41.1 Å². The molecule has 1 fully saturated rings. The summed E-state index contributed by atoms with van der Waals surface area (Å²) in [5, 5.41) is 0. The molecule has 0 spiro atoms. The zero-order valence-electron chi connectivity index (χ0n) is 14.2. The maximum absolute atomic E-state index is 12.8. The zero-order valence-corrected chi connectivity index (χ0v) is 15.8. The van der Waals surface area contributed by atoms with E-state index in [1.165, 1.54) is 12.1 Å². The van der Waals surface area contributed by atoms with Gasteiger partial charge in [-0.3, -0.25) is 4.79 Å². The predicted octanol–water partition coefficient (Wildman–Crippen LogP) is 3.87. The van der Waals surface area contributed by atoms with E-state index in [2.05, 4.69) is 25.9 Å². The van der Waals surface area contributed by atoms with Crippen LogP contribution in [0.1, 0.15) is 24.0 Å². The summed E-state index contributed by atoms with van der Waals surface area (Å²) >= 11 is 3.24. The Morgan fingerprint density at radius 2 is 2.04 bits per heavy atom. The maximum atomic E-state index is 12.8. The van der Waals surface area contributed by atoms with E-state index in [1.54, 1.807) is 17.3 Å². The van der Waals surface area contributed by atoms with E-state index in [1.807, 2.05) is 0 Å². The summed E-state index contributed by atoms with van der Waals surface area (Å²) in [6.07, 6.45) is -0.101. The van der Waals surface area contributed by atoms with Gasteiger partial charge in [-0.15, -0.1) is 0 Å². The van der Waals surface area contributed by atoms with E-state index in [0.717, 1.165) is 29.4 Å². The lowest BCUT2D eigenvalue weighted by molar-refractivity contribution is -0.138. The van der Waals surface area contributed by atoms with E-state index in [9.17, 15) is 18.0 Å². The molecule has 1 saturated heterocycles. The molecule has 0 saturated carbocycles. The molecule has 0 aliphatic carbocycles. The second-order valence-corrected chi connectivity index (χ2v) is 7.20. The Kier molecular flexibility index (Phi) is 5.98. The van der Waals surface area contributed by atoms with Crippen molar-refractivity contribution in [1.29, 1.82) is 0 Å². The van der Waals surface area contributed by atoms with Crippen molar-refractivity contribution in [2.24, 2.45) is 0 Å². The Hall–Kier alpha value is -2.16. The first kappa shape index (κ1) is 19.6. The topological polar surface area (TPSA) is 55.3 Å². The van der Waals surface area contributed by atoms with Gasteiger partial charge < -0.3 is 9.64 Å². The van der Waals surface area contributed by atoms with Crippen molar-refractivity contribution in [2.45, 2.75) is 31.5 Å². The number of alkyl halides is 3. The summed E-state index contributed by atoms with van der Waals surface area (Å²) in [5.74, 6) is -0.223. The highest BCUT2D eigenvalue weighted by Crippen LogP contribution is 2.29. The molecule has 1 aliphatic heterocycles. The summed E-state index contributed by atoms with van der Waals surface area (Å²) in [5.41, 5.74) is -0.408. The molecule has 27 heavy (non-hydrogen) atoms. The van der Waals surface area contributed by atoms with Gasteiger partial charge in [0.2, 0.25) is 5.91 Å². The van der Waals surface area contributed by atoms with Crippen LogP contribution >= 0.6 is 15.9 Å². The first-order valence-electron chi connectivity index (χ1n) is 8.39. The Morgan fingerprint density at radius 3 is 2.74 bits per heavy atom. The minimum Gasteiger partial charge on any atom is -0.458 e. The third-order valence-corrected chi connectivity index (χ3v) is 4.62. The summed E-state index contributed by atoms with van der Waals surface area (Å²) < 4.78 is 44.9. The van der Waals surface area contributed by atoms with Crippen LogP contribution in [0, 0.1) is 0 Å². The van der Waals surface area contributed by atoms with Crippen molar-refractivity contribution in [1.82, 2.24) is 14.9 Å². The largest absolute Gasteiger partial charge is 0.458 e. The molecule has 1 aliphatic rings. The Bertz CT molecular complexity index is 799. The van der Waals surface area contributed by atoms with Gasteiger partial charge in [-0.05, 0) is 40.4 Å². The van der Waals surface area contributed by atoms with Gasteiger partial charge in [-0.2, -0.15) is 13.2 Å². The third-order valence-electron chi connectivity index (χ3n) is 4.21. The number of hydrogen-bond acceptors (Lipinski definition) is 4. The Balaban J connectivity index is 1.60. The summed E-state index contributed by atoms with van der Waals surface area (Å²) in [7, 11) is 0. The maximum Gasteiger partial charge on any atom is 0.416 e. The molecular formula is C18H17BrF3N3O2. The van der Waals surface area contributed by atoms with Crippen molar-refractivity contribution in [3.8, 4) is 6.01 Å². The number of piperidine rings is 1. The molecule has 0 bridgehead atoms. The normalized spacial score (nSPS) is 17.6. The molecule has 0 radical (unpaired) electrons. The van der Waals surface area contributed by atoms with Crippen molar-refractivity contribution in [3.05, 3.63) is 52.3 Å². The molecule has 1 aromatic heterocycles. The lowest BCUT2D eigenvalue weighted by atomic mass is 10.0. The number of halogens is 4. The van der Waals surface area contributed by atoms with Crippen LogP contribution < -0.4 is 4.74 Å². The second-order valence-electron chi connectivity index (χ2n) is 6.28. The molecule has 2 heterocycles. The number of nitrogens with zero attached hydrogens (tertiary/aromatic N) is 3. The van der Waals surface area contributed by atoms with E-state index in [0.29, 0.717) is 18.7 Å². The molecule has 1 amide bonds. The van der Waals surface area contributed by atoms with Gasteiger partial charge in [0, 0.05) is 18.9 Å². The molecule has 0 unspecified atom stereocenters. The van der Waals surface area contributed by atoms with Crippen molar-refractivity contribution in [2.75, 3.05) is 13.1 Å². The van der Waals surface area contributed by atoms with Gasteiger partial charge in [0.25, 0.3) is 0 Å². The zero-order chi connectivity index (χ0) is 19.4. The molecular weight excluding hydrogens is 427 g/mol. The lowest BCUT2D eigenvalue weighted by Gasteiger charge is -2.32. The summed E-state index contributed by atoms with van der Waals surface area (Å²) in [6.45, 7) is 0.913. The van der Waals surface area contributed by atoms with Crippen LogP contribution in [-0.4, -0.2) is 40.0 Å². The van der Waals surface area contributed by atoms with Crippen LogP contribution in [0.3, 0.4) is 0 Å². The van der Waals surface area contributed by atoms with Crippen molar-refractivity contribution in [3.63, 3.8) is 0 Å². The van der Waals surface area contributed by atoms with Gasteiger partial charge in [-0.1, -0.05) is 18.2 Å². The molecule has 9 heteroatoms. The van der Waals surface area contributed by atoms with Gasteiger partial charge in [-0.25, -0.2) is 9.97 Å². The quantitative estimate of drug-likeness (QED) is 0.719. The van der Waals surface area contributed by atoms with Crippen LogP contribution in [0.25, 0.3) is 0 Å². The fourth-order valence-electron chi connectivity index (χ4n) is 2.92. The molecule has 0 N–H and O–H groups in total. The molecule has 1 atom stereocenters. The highest BCUT2D eigenvalue weighted by atomic mass is 79.9. The highest BCUT2D eigenvalue weighted by molar-refractivity contribution is 9.10. The number of hydrogen-bond donors (Lipinski definition) is 0. The second kappa shape index (κ2) is 8.24. The number of benzene rings is 1. The molecule has 1 aromatic carbocycles. The number of amides is 1. The third kappa shape index (κ3) is 5.41. The van der Waals surface area contributed by atoms with E-state index >= 15 is 0 Å².